The van der Waals surface area contributed by atoms with Gasteiger partial charge in [-0.05, 0) is 24.1 Å². The lowest BCUT2D eigenvalue weighted by molar-refractivity contribution is 0.185. The summed E-state index contributed by atoms with van der Waals surface area (Å²) in [5, 5.41) is 0. The molecule has 94 valence electrons. The van der Waals surface area contributed by atoms with Crippen molar-refractivity contribution in [3.05, 3.63) is 35.4 Å². The molecule has 0 radical (unpaired) electrons. The molecule has 17 heavy (non-hydrogen) atoms. The molecule has 2 N–H and O–H groups in total. The average molecular weight is 234 g/mol. The highest BCUT2D eigenvalue weighted by atomic mass is 16.5. The molecule has 1 saturated heterocycles. The van der Waals surface area contributed by atoms with Gasteiger partial charge in [0.15, 0.2) is 0 Å². The van der Waals surface area contributed by atoms with Gasteiger partial charge >= 0.3 is 0 Å². The first-order chi connectivity index (χ1) is 8.26. The summed E-state index contributed by atoms with van der Waals surface area (Å²) in [6, 6.07) is 9.30. The molecule has 1 heterocycles. The molecule has 1 aromatic carbocycles. The fourth-order valence-electron chi connectivity index (χ4n) is 2.67. The minimum atomic E-state index is 0.267. The summed E-state index contributed by atoms with van der Waals surface area (Å²) in [7, 11) is 1.72. The third-order valence-corrected chi connectivity index (χ3v) is 3.59. The van der Waals surface area contributed by atoms with Crippen LogP contribution in [-0.4, -0.2) is 31.1 Å². The van der Waals surface area contributed by atoms with Gasteiger partial charge in [0.05, 0.1) is 6.61 Å². The van der Waals surface area contributed by atoms with Crippen molar-refractivity contribution in [3.8, 4) is 0 Å². The number of likely N-dealkylation sites (tertiary alicyclic amines) is 1. The molecule has 3 heteroatoms. The Morgan fingerprint density at radius 1 is 1.35 bits per heavy atom. The third-order valence-electron chi connectivity index (χ3n) is 3.59. The fourth-order valence-corrected chi connectivity index (χ4v) is 2.67. The Balaban J connectivity index is 2.15. The van der Waals surface area contributed by atoms with E-state index < -0.39 is 0 Å². The van der Waals surface area contributed by atoms with E-state index in [1.807, 2.05) is 0 Å². The maximum atomic E-state index is 6.21. The summed E-state index contributed by atoms with van der Waals surface area (Å²) in [4.78, 5) is 2.45. The highest BCUT2D eigenvalue weighted by molar-refractivity contribution is 5.26. The van der Waals surface area contributed by atoms with Crippen LogP contribution in [0.4, 0.5) is 0 Å². The molecule has 0 aromatic heterocycles. The molecule has 2 unspecified atom stereocenters. The molecule has 0 amide bonds. The number of hydrogen-bond acceptors (Lipinski definition) is 3. The van der Waals surface area contributed by atoms with E-state index in [1.165, 1.54) is 11.1 Å². The van der Waals surface area contributed by atoms with E-state index in [-0.39, 0.29) is 6.04 Å². The molecular weight excluding hydrogens is 212 g/mol. The van der Waals surface area contributed by atoms with Gasteiger partial charge in [0.25, 0.3) is 0 Å². The van der Waals surface area contributed by atoms with E-state index in [0.29, 0.717) is 12.6 Å². The standard InChI is InChI=1S/C14H22N2O/c1-3-16-9-8-13(15)14(16)12-6-4-11(5-7-12)10-17-2/h4-7,13-14H,3,8-10,15H2,1-2H3. The Hall–Kier alpha value is -0.900. The van der Waals surface area contributed by atoms with Gasteiger partial charge in [-0.1, -0.05) is 31.2 Å². The molecule has 2 rings (SSSR count). The number of rotatable bonds is 4. The molecule has 1 fully saturated rings. The second-order valence-corrected chi connectivity index (χ2v) is 4.70. The van der Waals surface area contributed by atoms with Crippen molar-refractivity contribution in [2.45, 2.75) is 32.0 Å². The van der Waals surface area contributed by atoms with Crippen molar-refractivity contribution in [2.24, 2.45) is 5.73 Å². The molecule has 2 atom stereocenters. The van der Waals surface area contributed by atoms with E-state index >= 15 is 0 Å². The predicted molar refractivity (Wildman–Crippen MR) is 69.7 cm³/mol. The maximum absolute atomic E-state index is 6.21. The zero-order valence-corrected chi connectivity index (χ0v) is 10.7. The van der Waals surface area contributed by atoms with Crippen LogP contribution in [-0.2, 0) is 11.3 Å². The monoisotopic (exact) mass is 234 g/mol. The first kappa shape index (κ1) is 12.6. The number of ether oxygens (including phenoxy) is 1. The van der Waals surface area contributed by atoms with E-state index in [2.05, 4.69) is 36.1 Å². The molecule has 1 aliphatic heterocycles. The lowest BCUT2D eigenvalue weighted by Gasteiger charge is -2.26. The lowest BCUT2D eigenvalue weighted by atomic mass is 9.99. The number of methoxy groups -OCH3 is 1. The van der Waals surface area contributed by atoms with Crippen molar-refractivity contribution in [3.63, 3.8) is 0 Å². The smallest absolute Gasteiger partial charge is 0.0713 e. The molecule has 3 nitrogen and oxygen atoms in total. The minimum Gasteiger partial charge on any atom is -0.380 e. The zero-order chi connectivity index (χ0) is 12.3. The highest BCUT2D eigenvalue weighted by Crippen LogP contribution is 2.30. The van der Waals surface area contributed by atoms with Crippen LogP contribution in [0.15, 0.2) is 24.3 Å². The minimum absolute atomic E-state index is 0.267. The maximum Gasteiger partial charge on any atom is 0.0713 e. The van der Waals surface area contributed by atoms with E-state index in [4.69, 9.17) is 10.5 Å². The van der Waals surface area contributed by atoms with Gasteiger partial charge in [0.2, 0.25) is 0 Å². The van der Waals surface area contributed by atoms with Gasteiger partial charge in [0.1, 0.15) is 0 Å². The van der Waals surface area contributed by atoms with Crippen molar-refractivity contribution >= 4 is 0 Å². The van der Waals surface area contributed by atoms with Gasteiger partial charge in [-0.15, -0.1) is 0 Å². The zero-order valence-electron chi connectivity index (χ0n) is 10.7. The number of nitrogens with two attached hydrogens (primary N) is 1. The van der Waals surface area contributed by atoms with Gasteiger partial charge in [-0.2, -0.15) is 0 Å². The van der Waals surface area contributed by atoms with Crippen LogP contribution >= 0.6 is 0 Å². The van der Waals surface area contributed by atoms with Gasteiger partial charge < -0.3 is 10.5 Å². The molecule has 1 aliphatic rings. The first-order valence-corrected chi connectivity index (χ1v) is 6.33. The van der Waals surface area contributed by atoms with Gasteiger partial charge in [-0.3, -0.25) is 4.90 Å². The largest absolute Gasteiger partial charge is 0.380 e. The van der Waals surface area contributed by atoms with Gasteiger partial charge in [0, 0.05) is 25.7 Å². The predicted octanol–water partition coefficient (Wildman–Crippen LogP) is 1.93. The van der Waals surface area contributed by atoms with Crippen LogP contribution in [0.2, 0.25) is 0 Å². The Bertz CT molecular complexity index is 350. The average Bonchev–Trinajstić information content (AvgIpc) is 2.72. The van der Waals surface area contributed by atoms with E-state index in [1.54, 1.807) is 7.11 Å². The van der Waals surface area contributed by atoms with E-state index in [9.17, 15) is 0 Å². The summed E-state index contributed by atoms with van der Waals surface area (Å²) in [6.07, 6.45) is 1.10. The normalized spacial score (nSPS) is 25.4. The van der Waals surface area contributed by atoms with Gasteiger partial charge in [-0.25, -0.2) is 0 Å². The summed E-state index contributed by atoms with van der Waals surface area (Å²) >= 11 is 0. The Morgan fingerprint density at radius 3 is 2.65 bits per heavy atom. The second-order valence-electron chi connectivity index (χ2n) is 4.70. The Kier molecular flexibility index (Phi) is 4.15. The quantitative estimate of drug-likeness (QED) is 0.865. The van der Waals surface area contributed by atoms with Crippen LogP contribution in [0.3, 0.4) is 0 Å². The molecule has 0 bridgehead atoms. The second kappa shape index (κ2) is 5.63. The molecular formula is C14H22N2O. The fraction of sp³-hybridized carbons (Fsp3) is 0.571. The van der Waals surface area contributed by atoms with Crippen LogP contribution < -0.4 is 5.73 Å². The summed E-state index contributed by atoms with van der Waals surface area (Å²) in [6.45, 7) is 5.05. The lowest BCUT2D eigenvalue weighted by Crippen LogP contribution is -2.31. The third kappa shape index (κ3) is 2.68. The van der Waals surface area contributed by atoms with Crippen molar-refractivity contribution in [1.82, 2.24) is 4.90 Å². The van der Waals surface area contributed by atoms with E-state index in [0.717, 1.165) is 19.5 Å². The summed E-state index contributed by atoms with van der Waals surface area (Å²) < 4.78 is 5.12. The van der Waals surface area contributed by atoms with Crippen molar-refractivity contribution < 1.29 is 4.74 Å². The van der Waals surface area contributed by atoms with Crippen molar-refractivity contribution in [1.29, 1.82) is 0 Å². The SMILES string of the molecule is CCN1CCC(N)C1c1ccc(COC)cc1. The number of likely N-dealkylation sites (N-methyl/N-ethyl adjacent to an activating group) is 1. The van der Waals surface area contributed by atoms with Crippen LogP contribution in [0, 0.1) is 0 Å². The number of hydrogen-bond donors (Lipinski definition) is 1. The molecule has 0 aliphatic carbocycles. The molecule has 0 spiro atoms. The van der Waals surface area contributed by atoms with Crippen molar-refractivity contribution in [2.75, 3.05) is 20.2 Å². The topological polar surface area (TPSA) is 38.5 Å². The molecule has 0 saturated carbocycles. The molecule has 1 aromatic rings. The Morgan fingerprint density at radius 2 is 2.06 bits per heavy atom. The van der Waals surface area contributed by atoms with Crippen LogP contribution in [0.25, 0.3) is 0 Å². The van der Waals surface area contributed by atoms with Crippen LogP contribution in [0.1, 0.15) is 30.5 Å². The Labute approximate surface area is 104 Å². The summed E-state index contributed by atoms with van der Waals surface area (Å²) in [5.41, 5.74) is 8.75. The highest BCUT2D eigenvalue weighted by Gasteiger charge is 2.31. The van der Waals surface area contributed by atoms with Crippen LogP contribution in [0.5, 0.6) is 0 Å². The number of benzene rings is 1. The number of nitrogens with zero attached hydrogens (tertiary/aromatic N) is 1. The summed E-state index contributed by atoms with van der Waals surface area (Å²) in [5.74, 6) is 0. The first-order valence-electron chi connectivity index (χ1n) is 6.33.